The van der Waals surface area contributed by atoms with E-state index >= 15 is 0 Å². The SMILES string of the molecule is COCc1cc(C(=O)Nc2nccs2)ccc1NC(=O)CC(C)(C)C. The maximum atomic E-state index is 12.3. The number of hydrogen-bond donors (Lipinski definition) is 2. The van der Waals surface area contributed by atoms with Gasteiger partial charge in [-0.1, -0.05) is 20.8 Å². The largest absolute Gasteiger partial charge is 0.380 e. The lowest BCUT2D eigenvalue weighted by Gasteiger charge is -2.18. The van der Waals surface area contributed by atoms with Gasteiger partial charge in [0.05, 0.1) is 6.61 Å². The van der Waals surface area contributed by atoms with Crippen LogP contribution in [0.1, 0.15) is 43.1 Å². The molecule has 0 atom stereocenters. The van der Waals surface area contributed by atoms with E-state index in [4.69, 9.17) is 4.74 Å². The van der Waals surface area contributed by atoms with Crippen molar-refractivity contribution in [2.24, 2.45) is 5.41 Å². The van der Waals surface area contributed by atoms with Crippen molar-refractivity contribution < 1.29 is 14.3 Å². The van der Waals surface area contributed by atoms with Crippen LogP contribution in [0.25, 0.3) is 0 Å². The van der Waals surface area contributed by atoms with Gasteiger partial charge >= 0.3 is 0 Å². The molecule has 0 saturated carbocycles. The van der Waals surface area contributed by atoms with Crippen LogP contribution in [0, 0.1) is 5.41 Å². The molecule has 1 aromatic carbocycles. The molecular weight excluding hydrogens is 338 g/mol. The van der Waals surface area contributed by atoms with E-state index in [1.807, 2.05) is 20.8 Å². The number of aromatic nitrogens is 1. The second-order valence-corrected chi connectivity index (χ2v) is 7.78. The first-order valence-corrected chi connectivity index (χ1v) is 8.79. The average molecular weight is 361 g/mol. The Bertz CT molecular complexity index is 737. The number of nitrogens with zero attached hydrogens (tertiary/aromatic N) is 1. The predicted molar refractivity (Wildman–Crippen MR) is 99.9 cm³/mol. The normalized spacial score (nSPS) is 11.2. The van der Waals surface area contributed by atoms with Gasteiger partial charge in [-0.3, -0.25) is 14.9 Å². The summed E-state index contributed by atoms with van der Waals surface area (Å²) >= 11 is 1.35. The molecule has 0 spiro atoms. The molecule has 0 bridgehead atoms. The Morgan fingerprint density at radius 3 is 2.60 bits per heavy atom. The minimum absolute atomic E-state index is 0.0650. The van der Waals surface area contributed by atoms with Crippen LogP contribution in [0.15, 0.2) is 29.8 Å². The van der Waals surface area contributed by atoms with E-state index in [2.05, 4.69) is 15.6 Å². The Hall–Kier alpha value is -2.25. The Balaban J connectivity index is 2.16. The van der Waals surface area contributed by atoms with E-state index in [0.717, 1.165) is 5.56 Å². The highest BCUT2D eigenvalue weighted by Crippen LogP contribution is 2.23. The van der Waals surface area contributed by atoms with E-state index in [1.165, 1.54) is 11.3 Å². The molecule has 0 fully saturated rings. The number of ether oxygens (including phenoxy) is 1. The summed E-state index contributed by atoms with van der Waals surface area (Å²) in [5, 5.41) is 7.98. The lowest BCUT2D eigenvalue weighted by atomic mass is 9.92. The highest BCUT2D eigenvalue weighted by molar-refractivity contribution is 7.13. The van der Waals surface area contributed by atoms with E-state index in [-0.39, 0.29) is 17.2 Å². The molecule has 25 heavy (non-hydrogen) atoms. The fraction of sp³-hybridized carbons (Fsp3) is 0.389. The third-order valence-electron chi connectivity index (χ3n) is 3.29. The zero-order chi connectivity index (χ0) is 18.4. The molecule has 2 N–H and O–H groups in total. The number of amides is 2. The van der Waals surface area contributed by atoms with Gasteiger partial charge < -0.3 is 10.1 Å². The molecule has 1 aromatic heterocycles. The highest BCUT2D eigenvalue weighted by atomic mass is 32.1. The van der Waals surface area contributed by atoms with Crippen molar-refractivity contribution in [3.05, 3.63) is 40.9 Å². The van der Waals surface area contributed by atoms with Gasteiger partial charge in [-0.15, -0.1) is 11.3 Å². The number of benzene rings is 1. The Kier molecular flexibility index (Phi) is 6.27. The van der Waals surface area contributed by atoms with Gasteiger partial charge in [-0.2, -0.15) is 0 Å². The van der Waals surface area contributed by atoms with Crippen LogP contribution in [0.5, 0.6) is 0 Å². The molecule has 0 saturated heterocycles. The van der Waals surface area contributed by atoms with Crippen LogP contribution in [0.2, 0.25) is 0 Å². The highest BCUT2D eigenvalue weighted by Gasteiger charge is 2.18. The fourth-order valence-corrected chi connectivity index (χ4v) is 2.79. The molecule has 0 radical (unpaired) electrons. The number of nitrogens with one attached hydrogen (secondary N) is 2. The molecule has 0 aliphatic carbocycles. The Morgan fingerprint density at radius 1 is 1.24 bits per heavy atom. The summed E-state index contributed by atoms with van der Waals surface area (Å²) in [4.78, 5) is 28.5. The average Bonchev–Trinajstić information content (AvgIpc) is 3.00. The maximum Gasteiger partial charge on any atom is 0.257 e. The molecule has 0 aliphatic rings. The molecule has 0 unspecified atom stereocenters. The topological polar surface area (TPSA) is 80.3 Å². The summed E-state index contributed by atoms with van der Waals surface area (Å²) in [6.07, 6.45) is 2.04. The van der Waals surface area contributed by atoms with E-state index < -0.39 is 0 Å². The lowest BCUT2D eigenvalue weighted by Crippen LogP contribution is -2.20. The van der Waals surface area contributed by atoms with Crippen LogP contribution in [-0.2, 0) is 16.1 Å². The second-order valence-electron chi connectivity index (χ2n) is 6.88. The minimum atomic E-state index is -0.250. The molecular formula is C18H23N3O3S. The first kappa shape index (κ1) is 19.1. The van der Waals surface area contributed by atoms with E-state index in [1.54, 1.807) is 36.9 Å². The third kappa shape index (κ3) is 5.95. The lowest BCUT2D eigenvalue weighted by molar-refractivity contribution is -0.117. The van der Waals surface area contributed by atoms with Gasteiger partial charge in [0, 0.05) is 41.9 Å². The first-order chi connectivity index (χ1) is 11.8. The molecule has 134 valence electrons. The van der Waals surface area contributed by atoms with Gasteiger partial charge in [-0.25, -0.2) is 4.98 Å². The van der Waals surface area contributed by atoms with Crippen molar-refractivity contribution >= 4 is 34.0 Å². The van der Waals surface area contributed by atoms with Crippen LogP contribution >= 0.6 is 11.3 Å². The summed E-state index contributed by atoms with van der Waals surface area (Å²) < 4.78 is 5.20. The molecule has 1 heterocycles. The molecule has 0 aliphatic heterocycles. The van der Waals surface area contributed by atoms with Crippen LogP contribution in [0.4, 0.5) is 10.8 Å². The third-order valence-corrected chi connectivity index (χ3v) is 3.97. The summed E-state index contributed by atoms with van der Waals surface area (Å²) in [7, 11) is 1.57. The Labute approximate surface area is 151 Å². The number of carbonyl (C=O) groups excluding carboxylic acids is 2. The molecule has 7 heteroatoms. The number of rotatable bonds is 6. The first-order valence-electron chi connectivity index (χ1n) is 7.91. The summed E-state index contributed by atoms with van der Waals surface area (Å²) in [5.74, 6) is -0.315. The van der Waals surface area contributed by atoms with Crippen molar-refractivity contribution in [2.45, 2.75) is 33.8 Å². The zero-order valence-electron chi connectivity index (χ0n) is 14.9. The number of carbonyl (C=O) groups is 2. The van der Waals surface area contributed by atoms with Crippen LogP contribution < -0.4 is 10.6 Å². The van der Waals surface area contributed by atoms with Crippen molar-refractivity contribution in [1.29, 1.82) is 0 Å². The summed E-state index contributed by atoms with van der Waals surface area (Å²) in [5.41, 5.74) is 1.79. The Morgan fingerprint density at radius 2 is 2.00 bits per heavy atom. The number of thiazole rings is 1. The van der Waals surface area contributed by atoms with Gasteiger partial charge in [0.15, 0.2) is 5.13 Å². The zero-order valence-corrected chi connectivity index (χ0v) is 15.7. The smallest absolute Gasteiger partial charge is 0.257 e. The maximum absolute atomic E-state index is 12.3. The van der Waals surface area contributed by atoms with E-state index in [0.29, 0.717) is 29.4 Å². The number of methoxy groups -OCH3 is 1. The van der Waals surface area contributed by atoms with Gasteiger partial charge in [-0.05, 0) is 23.6 Å². The monoisotopic (exact) mass is 361 g/mol. The van der Waals surface area contributed by atoms with Gasteiger partial charge in [0.25, 0.3) is 5.91 Å². The summed E-state index contributed by atoms with van der Waals surface area (Å²) in [6, 6.07) is 5.12. The predicted octanol–water partition coefficient (Wildman–Crippen LogP) is 3.92. The summed E-state index contributed by atoms with van der Waals surface area (Å²) in [6.45, 7) is 6.32. The number of hydrogen-bond acceptors (Lipinski definition) is 5. The fourth-order valence-electron chi connectivity index (χ4n) is 2.26. The minimum Gasteiger partial charge on any atom is -0.380 e. The van der Waals surface area contributed by atoms with Gasteiger partial charge in [0.2, 0.25) is 5.91 Å². The second kappa shape index (κ2) is 8.22. The van der Waals surface area contributed by atoms with Crippen molar-refractivity contribution in [3.8, 4) is 0 Å². The van der Waals surface area contributed by atoms with Gasteiger partial charge in [0.1, 0.15) is 0 Å². The van der Waals surface area contributed by atoms with Crippen molar-refractivity contribution in [3.63, 3.8) is 0 Å². The quantitative estimate of drug-likeness (QED) is 0.817. The van der Waals surface area contributed by atoms with Crippen molar-refractivity contribution in [1.82, 2.24) is 4.98 Å². The van der Waals surface area contributed by atoms with Crippen molar-refractivity contribution in [2.75, 3.05) is 17.7 Å². The molecule has 6 nitrogen and oxygen atoms in total. The standard InChI is InChI=1S/C18H23N3O3S/c1-18(2,3)10-15(22)20-14-6-5-12(9-13(14)11-24-4)16(23)21-17-19-7-8-25-17/h5-9H,10-11H2,1-4H3,(H,20,22)(H,19,21,23). The molecule has 2 aromatic rings. The molecule has 2 rings (SSSR count). The van der Waals surface area contributed by atoms with E-state index in [9.17, 15) is 9.59 Å². The van der Waals surface area contributed by atoms with Crippen LogP contribution in [-0.4, -0.2) is 23.9 Å². The number of anilines is 2. The molecule has 2 amide bonds. The van der Waals surface area contributed by atoms with Crippen LogP contribution in [0.3, 0.4) is 0 Å².